The van der Waals surface area contributed by atoms with Gasteiger partial charge in [-0.2, -0.15) is 18.5 Å². The average molecular weight is 401 g/mol. The third-order valence-corrected chi connectivity index (χ3v) is 3.86. The molecular weight excluding hydrogens is 359 g/mol. The number of nitrogens with two attached hydrogens (primary N) is 2. The van der Waals surface area contributed by atoms with Gasteiger partial charge in [0.25, 0.3) is 6.01 Å². The van der Waals surface area contributed by atoms with Crippen LogP contribution in [0.5, 0.6) is 0 Å². The highest BCUT2D eigenvalue weighted by atomic mass is 32.1. The molecule has 0 radical (unpaired) electrons. The van der Waals surface area contributed by atoms with Crippen LogP contribution in [0.4, 0.5) is 10.4 Å². The lowest BCUT2D eigenvalue weighted by Gasteiger charge is -2.27. The molecule has 160 valence electrons. The van der Waals surface area contributed by atoms with Crippen LogP contribution < -0.4 is 16.8 Å². The summed E-state index contributed by atoms with van der Waals surface area (Å²) < 4.78 is 18.6. The molecule has 0 spiro atoms. The molecule has 26 heavy (non-hydrogen) atoms. The van der Waals surface area contributed by atoms with Crippen molar-refractivity contribution in [1.29, 1.82) is 0 Å². The number of hydrogen-bond donors (Lipinski definition) is 3. The first kappa shape index (κ1) is 29.4. The number of nitrogens with zero attached hydrogens (tertiary/aromatic N) is 1. The number of fused-ring (bicyclic) bond motifs is 1. The number of oxazole rings is 1. The third-order valence-electron chi connectivity index (χ3n) is 3.86. The van der Waals surface area contributed by atoms with Crippen LogP contribution in [0.25, 0.3) is 11.1 Å². The van der Waals surface area contributed by atoms with Crippen molar-refractivity contribution in [3.8, 4) is 0 Å². The van der Waals surface area contributed by atoms with Crippen LogP contribution in [0.2, 0.25) is 0 Å². The molecule has 1 aromatic carbocycles. The number of nitrogens with one attached hydrogen (secondary N) is 1. The number of aromatic nitrogens is 1. The Hall–Kier alpha value is -1.39. The lowest BCUT2D eigenvalue weighted by atomic mass is 9.86. The smallest absolute Gasteiger partial charge is 0.295 e. The van der Waals surface area contributed by atoms with Gasteiger partial charge in [-0.15, -0.1) is 0 Å². The van der Waals surface area contributed by atoms with Crippen molar-refractivity contribution in [2.24, 2.45) is 17.4 Å². The van der Waals surface area contributed by atoms with E-state index in [2.05, 4.69) is 10.3 Å². The molecule has 2 aromatic rings. The normalized spacial score (nSPS) is 18.0. The molecule has 0 amide bonds. The van der Waals surface area contributed by atoms with Gasteiger partial charge in [-0.05, 0) is 56.8 Å². The van der Waals surface area contributed by atoms with Gasteiger partial charge in [-0.1, -0.05) is 14.4 Å². The van der Waals surface area contributed by atoms with Crippen LogP contribution in [0, 0.1) is 11.7 Å². The van der Waals surface area contributed by atoms with E-state index in [1.54, 1.807) is 6.07 Å². The highest BCUT2D eigenvalue weighted by Crippen LogP contribution is 2.27. The molecule has 0 saturated heterocycles. The number of benzene rings is 1. The van der Waals surface area contributed by atoms with Crippen molar-refractivity contribution in [2.45, 2.75) is 46.1 Å². The molecule has 0 bridgehead atoms. The fourth-order valence-corrected chi connectivity index (χ4v) is 2.68. The van der Waals surface area contributed by atoms with E-state index in [1.165, 1.54) is 12.1 Å². The summed E-state index contributed by atoms with van der Waals surface area (Å²) in [4.78, 5) is 4.32. The molecule has 0 aliphatic heterocycles. The molecule has 1 saturated carbocycles. The van der Waals surface area contributed by atoms with Crippen molar-refractivity contribution >= 4 is 30.6 Å². The maximum absolute atomic E-state index is 13.1. The van der Waals surface area contributed by atoms with E-state index in [-0.39, 0.29) is 42.0 Å². The van der Waals surface area contributed by atoms with E-state index < -0.39 is 0 Å². The Kier molecular flexibility index (Phi) is 16.7. The number of hydrogen-bond acceptors (Lipinski definition) is 5. The number of rotatable bonds is 3. The summed E-state index contributed by atoms with van der Waals surface area (Å²) in [5, 5.41) is 3.29. The van der Waals surface area contributed by atoms with Crippen LogP contribution in [-0.4, -0.2) is 35.1 Å². The van der Waals surface area contributed by atoms with Crippen molar-refractivity contribution in [2.75, 3.05) is 18.4 Å². The molecule has 1 aromatic heterocycles. The minimum atomic E-state index is -0.307. The molecule has 9 N–H and O–H groups in total. The predicted octanol–water partition coefficient (Wildman–Crippen LogP) is 2.70. The Labute approximate surface area is 166 Å². The number of halogens is 1. The summed E-state index contributed by atoms with van der Waals surface area (Å²) in [6.07, 6.45) is 4.44. The summed E-state index contributed by atoms with van der Waals surface area (Å²) in [6.45, 7) is 3.43. The first-order valence-electron chi connectivity index (χ1n) is 7.89. The zero-order chi connectivity index (χ0) is 15.9. The Bertz CT molecular complexity index is 606. The Morgan fingerprint density at radius 2 is 1.81 bits per heavy atom. The summed E-state index contributed by atoms with van der Waals surface area (Å²) in [5.74, 6) is 0.342. The van der Waals surface area contributed by atoms with E-state index in [0.29, 0.717) is 29.1 Å². The Morgan fingerprint density at radius 1 is 1.23 bits per heavy atom. The van der Waals surface area contributed by atoms with E-state index in [0.717, 1.165) is 38.8 Å². The summed E-state index contributed by atoms with van der Waals surface area (Å²) in [7, 11) is 0. The van der Waals surface area contributed by atoms with Gasteiger partial charge in [-0.3, -0.25) is 0 Å². The number of anilines is 1. The summed E-state index contributed by atoms with van der Waals surface area (Å²) in [5.41, 5.74) is 11.7. The fraction of sp³-hybridized carbons (Fsp3) is 0.588. The van der Waals surface area contributed by atoms with Gasteiger partial charge >= 0.3 is 0 Å². The lowest BCUT2D eigenvalue weighted by molar-refractivity contribution is 0.341. The topological polar surface area (TPSA) is 153 Å². The monoisotopic (exact) mass is 400 g/mol. The summed E-state index contributed by atoms with van der Waals surface area (Å²) in [6, 6.07) is 5.24. The average Bonchev–Trinajstić information content (AvgIpc) is 2.90. The lowest BCUT2D eigenvalue weighted by Crippen LogP contribution is -2.29. The van der Waals surface area contributed by atoms with Crippen LogP contribution in [-0.2, 0) is 0 Å². The molecular formula is C17H41FN4O3S. The molecule has 0 unspecified atom stereocenters. The van der Waals surface area contributed by atoms with Gasteiger partial charge in [0.05, 0.1) is 0 Å². The van der Waals surface area contributed by atoms with Crippen LogP contribution in [0.3, 0.4) is 0 Å². The molecule has 1 heterocycles. The van der Waals surface area contributed by atoms with E-state index in [1.807, 2.05) is 6.92 Å². The van der Waals surface area contributed by atoms with Crippen LogP contribution in [0.1, 0.15) is 44.3 Å². The van der Waals surface area contributed by atoms with Gasteiger partial charge in [0.2, 0.25) is 0 Å². The molecule has 7 nitrogen and oxygen atoms in total. The zero-order valence-electron chi connectivity index (χ0n) is 14.5. The summed E-state index contributed by atoms with van der Waals surface area (Å²) >= 11 is 0. The quantitative estimate of drug-likeness (QED) is 0.722. The molecule has 1 aliphatic carbocycles. The Balaban J connectivity index is -0.000000125. The Morgan fingerprint density at radius 3 is 2.35 bits per heavy atom. The highest BCUT2D eigenvalue weighted by molar-refractivity contribution is 7.59. The fourth-order valence-electron chi connectivity index (χ4n) is 2.68. The van der Waals surface area contributed by atoms with E-state index >= 15 is 0 Å². The van der Waals surface area contributed by atoms with Crippen LogP contribution in [0.15, 0.2) is 22.6 Å². The van der Waals surface area contributed by atoms with Gasteiger partial charge in [-0.25, -0.2) is 4.39 Å². The third kappa shape index (κ3) is 8.33. The minimum Gasteiger partial charge on any atom is -0.423 e. The zero-order valence-corrected chi connectivity index (χ0v) is 15.5. The first-order chi connectivity index (χ1) is 10.7. The molecule has 0 atom stereocenters. The maximum Gasteiger partial charge on any atom is 0.295 e. The SMILES string of the molecule is C.CCN.NCC1CCC(Nc2nc3ccc(F)cc3o2)CC1.O.O.S.[HH].[HH].[HH]. The highest BCUT2D eigenvalue weighted by Gasteiger charge is 2.21. The maximum atomic E-state index is 13.1. The van der Waals surface area contributed by atoms with E-state index in [9.17, 15) is 4.39 Å². The van der Waals surface area contributed by atoms with Gasteiger partial charge in [0.1, 0.15) is 11.3 Å². The molecule has 1 fully saturated rings. The van der Waals surface area contributed by atoms with Crippen molar-refractivity contribution in [1.82, 2.24) is 4.98 Å². The van der Waals surface area contributed by atoms with Gasteiger partial charge < -0.3 is 32.2 Å². The standard InChI is InChI=1S/C14H18FN3O.C2H7N.CH4.2H2O.H2S.3H2/c15-10-3-6-12-13(7-10)19-14(18-12)17-11-4-1-9(8-16)2-5-11;1-2-3;;;;;;;/h3,6-7,9,11H,1-2,4-5,8,16H2,(H,17,18);2-3H2,1H3;1H4;3*1H2;3*1H. The van der Waals surface area contributed by atoms with Crippen molar-refractivity contribution in [3.05, 3.63) is 24.0 Å². The van der Waals surface area contributed by atoms with Crippen molar-refractivity contribution < 1.29 is 24.0 Å². The molecule has 3 rings (SSSR count). The van der Waals surface area contributed by atoms with E-state index in [4.69, 9.17) is 15.9 Å². The second kappa shape index (κ2) is 14.7. The first-order valence-corrected chi connectivity index (χ1v) is 7.89. The van der Waals surface area contributed by atoms with Crippen molar-refractivity contribution in [3.63, 3.8) is 0 Å². The van der Waals surface area contributed by atoms with Gasteiger partial charge in [0.15, 0.2) is 5.58 Å². The second-order valence-electron chi connectivity index (χ2n) is 5.64. The minimum absolute atomic E-state index is 0. The molecule has 1 aliphatic rings. The second-order valence-corrected chi connectivity index (χ2v) is 5.64. The van der Waals surface area contributed by atoms with Gasteiger partial charge in [0, 0.05) is 16.4 Å². The van der Waals surface area contributed by atoms with Crippen LogP contribution >= 0.6 is 13.5 Å². The largest absolute Gasteiger partial charge is 0.423 e. The predicted molar refractivity (Wildman–Crippen MR) is 118 cm³/mol. The molecule has 9 heteroatoms.